The lowest BCUT2D eigenvalue weighted by Crippen LogP contribution is -2.24. The molecule has 1 unspecified atom stereocenters. The van der Waals surface area contributed by atoms with Gasteiger partial charge in [0.2, 0.25) is 0 Å². The van der Waals surface area contributed by atoms with E-state index >= 15 is 0 Å². The van der Waals surface area contributed by atoms with Crippen LogP contribution in [0, 0.1) is 5.92 Å². The minimum absolute atomic E-state index is 0.366. The van der Waals surface area contributed by atoms with Gasteiger partial charge in [0.25, 0.3) is 0 Å². The molecule has 3 nitrogen and oxygen atoms in total. The molecule has 0 aromatic carbocycles. The van der Waals surface area contributed by atoms with Crippen molar-refractivity contribution in [1.29, 1.82) is 0 Å². The molecular formula is C11H15Cl2N3. The third kappa shape index (κ3) is 2.77. The quantitative estimate of drug-likeness (QED) is 0.898. The fourth-order valence-corrected chi connectivity index (χ4v) is 2.57. The first kappa shape index (κ1) is 11.9. The highest BCUT2D eigenvalue weighted by Crippen LogP contribution is 2.30. The van der Waals surface area contributed by atoms with Crippen LogP contribution in [0.2, 0.25) is 10.3 Å². The van der Waals surface area contributed by atoms with Crippen LogP contribution >= 0.6 is 23.2 Å². The monoisotopic (exact) mass is 259 g/mol. The van der Waals surface area contributed by atoms with E-state index in [1.807, 2.05) is 0 Å². The van der Waals surface area contributed by atoms with Gasteiger partial charge >= 0.3 is 0 Å². The topological polar surface area (TPSA) is 37.8 Å². The molecular weight excluding hydrogens is 245 g/mol. The van der Waals surface area contributed by atoms with E-state index in [4.69, 9.17) is 23.2 Å². The van der Waals surface area contributed by atoms with Gasteiger partial charge in [-0.25, -0.2) is 0 Å². The van der Waals surface area contributed by atoms with Crippen LogP contribution in [0.5, 0.6) is 0 Å². The smallest absolute Gasteiger partial charge is 0.174 e. The molecule has 1 N–H and O–H groups in total. The van der Waals surface area contributed by atoms with Crippen LogP contribution < -0.4 is 5.32 Å². The van der Waals surface area contributed by atoms with Crippen LogP contribution in [0.25, 0.3) is 0 Å². The summed E-state index contributed by atoms with van der Waals surface area (Å²) >= 11 is 11.7. The number of aromatic nitrogens is 2. The average Bonchev–Trinajstić information content (AvgIpc) is 2.76. The van der Waals surface area contributed by atoms with Crippen molar-refractivity contribution in [3.05, 3.63) is 16.4 Å². The lowest BCUT2D eigenvalue weighted by molar-refractivity contribution is 0.482. The minimum atomic E-state index is 0.366. The van der Waals surface area contributed by atoms with E-state index in [2.05, 4.69) is 22.4 Å². The van der Waals surface area contributed by atoms with Crippen LogP contribution in [0.15, 0.2) is 6.07 Å². The highest BCUT2D eigenvalue weighted by atomic mass is 35.5. The Morgan fingerprint density at radius 1 is 1.31 bits per heavy atom. The molecule has 1 saturated carbocycles. The Hall–Kier alpha value is -0.540. The number of anilines is 1. The van der Waals surface area contributed by atoms with Crippen molar-refractivity contribution in [1.82, 2.24) is 10.2 Å². The van der Waals surface area contributed by atoms with E-state index in [0.29, 0.717) is 16.3 Å². The summed E-state index contributed by atoms with van der Waals surface area (Å²) in [5.41, 5.74) is 0.779. The molecule has 1 aliphatic carbocycles. The molecule has 0 bridgehead atoms. The van der Waals surface area contributed by atoms with Gasteiger partial charge in [-0.3, -0.25) is 0 Å². The molecule has 1 aliphatic rings. The molecule has 1 heterocycles. The van der Waals surface area contributed by atoms with E-state index in [9.17, 15) is 0 Å². The number of hydrogen-bond acceptors (Lipinski definition) is 3. The fourth-order valence-electron chi connectivity index (χ4n) is 2.27. The minimum Gasteiger partial charge on any atom is -0.380 e. The molecule has 0 radical (unpaired) electrons. The highest BCUT2D eigenvalue weighted by Gasteiger charge is 2.22. The lowest BCUT2D eigenvalue weighted by Gasteiger charge is -2.21. The molecule has 2 rings (SSSR count). The van der Waals surface area contributed by atoms with Gasteiger partial charge < -0.3 is 5.32 Å². The van der Waals surface area contributed by atoms with Crippen molar-refractivity contribution in [2.45, 2.75) is 38.6 Å². The second kappa shape index (κ2) is 5.19. The number of halogens is 2. The molecule has 0 aliphatic heterocycles. The average molecular weight is 260 g/mol. The molecule has 16 heavy (non-hydrogen) atoms. The highest BCUT2D eigenvalue weighted by molar-refractivity contribution is 6.33. The fraction of sp³-hybridized carbons (Fsp3) is 0.636. The Bertz CT molecular complexity index is 364. The van der Waals surface area contributed by atoms with Crippen LogP contribution in [0.4, 0.5) is 5.69 Å². The first-order valence-corrected chi connectivity index (χ1v) is 6.37. The Morgan fingerprint density at radius 3 is 2.69 bits per heavy atom. The van der Waals surface area contributed by atoms with E-state index in [1.54, 1.807) is 6.07 Å². The summed E-state index contributed by atoms with van der Waals surface area (Å²) in [5, 5.41) is 11.6. The van der Waals surface area contributed by atoms with Crippen LogP contribution in [0.3, 0.4) is 0 Å². The summed E-state index contributed by atoms with van der Waals surface area (Å²) < 4.78 is 0. The van der Waals surface area contributed by atoms with Crippen molar-refractivity contribution >= 4 is 28.9 Å². The van der Waals surface area contributed by atoms with Crippen molar-refractivity contribution in [3.8, 4) is 0 Å². The molecule has 1 aromatic rings. The SMILES string of the molecule is CC(Nc1cc(Cl)nnc1Cl)C1CCCC1. The van der Waals surface area contributed by atoms with E-state index in [0.717, 1.165) is 11.6 Å². The molecule has 1 atom stereocenters. The van der Waals surface area contributed by atoms with Crippen LogP contribution in [-0.4, -0.2) is 16.2 Å². The third-order valence-electron chi connectivity index (χ3n) is 3.21. The van der Waals surface area contributed by atoms with Gasteiger partial charge in [0.15, 0.2) is 10.3 Å². The second-order valence-corrected chi connectivity index (χ2v) is 5.09. The summed E-state index contributed by atoms with van der Waals surface area (Å²) in [6, 6.07) is 2.13. The van der Waals surface area contributed by atoms with Crippen molar-refractivity contribution in [3.63, 3.8) is 0 Å². The Balaban J connectivity index is 2.04. The summed E-state index contributed by atoms with van der Waals surface area (Å²) in [5.74, 6) is 0.725. The molecule has 1 aromatic heterocycles. The van der Waals surface area contributed by atoms with Gasteiger partial charge in [-0.2, -0.15) is 0 Å². The van der Waals surface area contributed by atoms with Crippen molar-refractivity contribution in [2.75, 3.05) is 5.32 Å². The van der Waals surface area contributed by atoms with Crippen LogP contribution in [0.1, 0.15) is 32.6 Å². The van der Waals surface area contributed by atoms with Gasteiger partial charge in [-0.1, -0.05) is 36.0 Å². The molecule has 88 valence electrons. The van der Waals surface area contributed by atoms with E-state index in [-0.39, 0.29) is 0 Å². The van der Waals surface area contributed by atoms with E-state index in [1.165, 1.54) is 25.7 Å². The van der Waals surface area contributed by atoms with Crippen LogP contribution in [-0.2, 0) is 0 Å². The summed E-state index contributed by atoms with van der Waals surface area (Å²) in [4.78, 5) is 0. The number of nitrogens with zero attached hydrogens (tertiary/aromatic N) is 2. The largest absolute Gasteiger partial charge is 0.380 e. The summed E-state index contributed by atoms with van der Waals surface area (Å²) in [6.07, 6.45) is 5.25. The van der Waals surface area contributed by atoms with Gasteiger partial charge in [0.1, 0.15) is 0 Å². The zero-order chi connectivity index (χ0) is 11.5. The summed E-state index contributed by atoms with van der Waals surface area (Å²) in [6.45, 7) is 2.18. The maximum Gasteiger partial charge on any atom is 0.174 e. The van der Waals surface area contributed by atoms with Gasteiger partial charge in [-0.15, -0.1) is 10.2 Å². The molecule has 0 amide bonds. The summed E-state index contributed by atoms with van der Waals surface area (Å²) in [7, 11) is 0. The predicted molar refractivity (Wildman–Crippen MR) is 67.1 cm³/mol. The number of rotatable bonds is 3. The maximum atomic E-state index is 5.95. The molecule has 5 heteroatoms. The lowest BCUT2D eigenvalue weighted by atomic mass is 10.00. The standard InChI is InChI=1S/C11H15Cl2N3/c1-7(8-4-2-3-5-8)14-9-6-10(12)15-16-11(9)13/h6-8H,2-5H2,1H3,(H,14,15). The molecule has 1 fully saturated rings. The van der Waals surface area contributed by atoms with Gasteiger partial charge in [-0.05, 0) is 25.7 Å². The Morgan fingerprint density at radius 2 is 2.00 bits per heavy atom. The maximum absolute atomic E-state index is 5.95. The zero-order valence-corrected chi connectivity index (χ0v) is 10.7. The van der Waals surface area contributed by atoms with E-state index < -0.39 is 0 Å². The number of nitrogens with one attached hydrogen (secondary N) is 1. The Kier molecular flexibility index (Phi) is 3.87. The van der Waals surface area contributed by atoms with Crippen molar-refractivity contribution < 1.29 is 0 Å². The third-order valence-corrected chi connectivity index (χ3v) is 3.67. The van der Waals surface area contributed by atoms with Gasteiger partial charge in [0, 0.05) is 12.1 Å². The van der Waals surface area contributed by atoms with Crippen molar-refractivity contribution in [2.24, 2.45) is 5.92 Å². The second-order valence-electron chi connectivity index (χ2n) is 4.35. The number of hydrogen-bond donors (Lipinski definition) is 1. The molecule has 0 saturated heterocycles. The Labute approximate surface area is 106 Å². The normalized spacial score (nSPS) is 18.7. The van der Waals surface area contributed by atoms with Gasteiger partial charge in [0.05, 0.1) is 5.69 Å². The molecule has 0 spiro atoms. The first-order chi connectivity index (χ1) is 7.66. The predicted octanol–water partition coefficient (Wildman–Crippen LogP) is 3.77. The first-order valence-electron chi connectivity index (χ1n) is 5.62. The zero-order valence-electron chi connectivity index (χ0n) is 9.21.